The van der Waals surface area contributed by atoms with Gasteiger partial charge in [0.2, 0.25) is 5.91 Å². The van der Waals surface area contributed by atoms with E-state index >= 15 is 0 Å². The van der Waals surface area contributed by atoms with Gasteiger partial charge in [-0.3, -0.25) is 9.69 Å². The summed E-state index contributed by atoms with van der Waals surface area (Å²) >= 11 is 3.09. The van der Waals surface area contributed by atoms with Crippen molar-refractivity contribution in [1.82, 2.24) is 4.90 Å². The van der Waals surface area contributed by atoms with Crippen LogP contribution in [-0.4, -0.2) is 36.5 Å². The lowest BCUT2D eigenvalue weighted by molar-refractivity contribution is -0.117. The van der Waals surface area contributed by atoms with Crippen LogP contribution in [0.4, 0.5) is 10.1 Å². The highest BCUT2D eigenvalue weighted by atomic mass is 79.9. The van der Waals surface area contributed by atoms with Gasteiger partial charge in [0, 0.05) is 24.8 Å². The van der Waals surface area contributed by atoms with Crippen LogP contribution < -0.4 is 11.1 Å². The summed E-state index contributed by atoms with van der Waals surface area (Å²) in [5, 5.41) is 2.76. The number of carbonyl (C=O) groups excluding carboxylic acids is 1. The molecule has 1 heterocycles. The lowest BCUT2D eigenvalue weighted by Crippen LogP contribution is -2.43. The number of hydrogen-bond donors (Lipinski definition) is 2. The fourth-order valence-electron chi connectivity index (χ4n) is 2.09. The van der Waals surface area contributed by atoms with Crippen molar-refractivity contribution in [1.29, 1.82) is 0 Å². The molecule has 1 aromatic rings. The average Bonchev–Trinajstić information content (AvgIpc) is 2.37. The maximum Gasteiger partial charge on any atom is 0.238 e. The van der Waals surface area contributed by atoms with Crippen molar-refractivity contribution in [3.8, 4) is 0 Å². The van der Waals surface area contributed by atoms with Crippen molar-refractivity contribution in [2.24, 2.45) is 5.73 Å². The molecule has 0 spiro atoms. The normalized spacial score (nSPS) is 17.4. The van der Waals surface area contributed by atoms with E-state index in [0.717, 1.165) is 25.9 Å². The van der Waals surface area contributed by atoms with Gasteiger partial charge in [0.05, 0.1) is 11.0 Å². The molecule has 0 unspecified atom stereocenters. The summed E-state index contributed by atoms with van der Waals surface area (Å²) in [6.45, 7) is 2.05. The smallest absolute Gasteiger partial charge is 0.238 e. The molecule has 3 N–H and O–H groups in total. The van der Waals surface area contributed by atoms with E-state index in [4.69, 9.17) is 5.73 Å². The molecule has 6 heteroatoms. The lowest BCUT2D eigenvalue weighted by atomic mass is 10.1. The highest BCUT2D eigenvalue weighted by Gasteiger charge is 2.18. The summed E-state index contributed by atoms with van der Waals surface area (Å²) in [6, 6.07) is 4.68. The van der Waals surface area contributed by atoms with Crippen molar-refractivity contribution in [3.63, 3.8) is 0 Å². The second-order valence-corrected chi connectivity index (χ2v) is 5.64. The molecule has 0 radical (unpaired) electrons. The zero-order valence-electron chi connectivity index (χ0n) is 10.5. The van der Waals surface area contributed by atoms with Crippen LogP contribution in [0, 0.1) is 5.82 Å². The number of rotatable bonds is 3. The fourth-order valence-corrected chi connectivity index (χ4v) is 2.47. The minimum atomic E-state index is -0.344. The van der Waals surface area contributed by atoms with Gasteiger partial charge in [-0.25, -0.2) is 4.39 Å². The van der Waals surface area contributed by atoms with Crippen molar-refractivity contribution in [2.45, 2.75) is 18.9 Å². The van der Waals surface area contributed by atoms with Crippen molar-refractivity contribution >= 4 is 27.5 Å². The molecule has 2 rings (SSSR count). The zero-order chi connectivity index (χ0) is 13.8. The van der Waals surface area contributed by atoms with Crippen LogP contribution in [0.5, 0.6) is 0 Å². The molecule has 1 saturated heterocycles. The Morgan fingerprint density at radius 3 is 2.79 bits per heavy atom. The number of piperidine rings is 1. The van der Waals surface area contributed by atoms with Crippen molar-refractivity contribution in [3.05, 3.63) is 28.5 Å². The van der Waals surface area contributed by atoms with Crippen LogP contribution in [0.1, 0.15) is 12.8 Å². The lowest BCUT2D eigenvalue weighted by Gasteiger charge is -2.29. The number of nitrogens with two attached hydrogens (primary N) is 1. The van der Waals surface area contributed by atoms with Crippen LogP contribution in [0.15, 0.2) is 22.7 Å². The predicted molar refractivity (Wildman–Crippen MR) is 76.4 cm³/mol. The molecule has 0 saturated carbocycles. The first kappa shape index (κ1) is 14.4. The minimum Gasteiger partial charge on any atom is -0.328 e. The highest BCUT2D eigenvalue weighted by molar-refractivity contribution is 9.10. The van der Waals surface area contributed by atoms with E-state index in [-0.39, 0.29) is 17.8 Å². The molecule has 1 aliphatic rings. The molecule has 0 aliphatic carbocycles. The first-order valence-electron chi connectivity index (χ1n) is 6.27. The molecule has 19 heavy (non-hydrogen) atoms. The first-order valence-corrected chi connectivity index (χ1v) is 7.07. The third-order valence-corrected chi connectivity index (χ3v) is 3.81. The molecular weight excluding hydrogens is 313 g/mol. The molecule has 1 aliphatic heterocycles. The molecule has 0 atom stereocenters. The fraction of sp³-hybridized carbons (Fsp3) is 0.462. The maximum absolute atomic E-state index is 13.1. The largest absolute Gasteiger partial charge is 0.328 e. The number of likely N-dealkylation sites (tertiary alicyclic amines) is 1. The van der Waals surface area contributed by atoms with Crippen LogP contribution in [0.25, 0.3) is 0 Å². The Morgan fingerprint density at radius 1 is 1.47 bits per heavy atom. The van der Waals surface area contributed by atoms with Crippen molar-refractivity contribution in [2.75, 3.05) is 25.0 Å². The van der Waals surface area contributed by atoms with Crippen molar-refractivity contribution < 1.29 is 9.18 Å². The Balaban J connectivity index is 1.85. The Kier molecular flexibility index (Phi) is 4.90. The van der Waals surface area contributed by atoms with Gasteiger partial charge in [-0.05, 0) is 47.0 Å². The van der Waals surface area contributed by atoms with Gasteiger partial charge in [0.25, 0.3) is 0 Å². The molecule has 0 bridgehead atoms. The second kappa shape index (κ2) is 6.45. The second-order valence-electron chi connectivity index (χ2n) is 4.79. The molecule has 1 aromatic carbocycles. The Morgan fingerprint density at radius 2 is 2.16 bits per heavy atom. The molecule has 104 valence electrons. The molecule has 4 nitrogen and oxygen atoms in total. The summed E-state index contributed by atoms with van der Waals surface area (Å²) < 4.78 is 13.4. The SMILES string of the molecule is NC1CCN(CC(=O)Nc2ccc(F)c(Br)c2)CC1. The Hall–Kier alpha value is -0.980. The van der Waals surface area contributed by atoms with Gasteiger partial charge in [0.1, 0.15) is 5.82 Å². The monoisotopic (exact) mass is 329 g/mol. The van der Waals surface area contributed by atoms with E-state index < -0.39 is 0 Å². The van der Waals surface area contributed by atoms with Gasteiger partial charge >= 0.3 is 0 Å². The van der Waals surface area contributed by atoms with Crippen LogP contribution in [0.2, 0.25) is 0 Å². The number of nitrogens with zero attached hydrogens (tertiary/aromatic N) is 1. The van der Waals surface area contributed by atoms with E-state index in [1.54, 1.807) is 12.1 Å². The summed E-state index contributed by atoms with van der Waals surface area (Å²) in [5.74, 6) is -0.433. The highest BCUT2D eigenvalue weighted by Crippen LogP contribution is 2.20. The van der Waals surface area contributed by atoms with E-state index in [1.807, 2.05) is 0 Å². The van der Waals surface area contributed by atoms with Gasteiger partial charge in [-0.2, -0.15) is 0 Å². The van der Waals surface area contributed by atoms with Crippen LogP contribution in [0.3, 0.4) is 0 Å². The summed E-state index contributed by atoms with van der Waals surface area (Å²) in [6.07, 6.45) is 1.85. The quantitative estimate of drug-likeness (QED) is 0.891. The topological polar surface area (TPSA) is 58.4 Å². The Labute approximate surface area is 120 Å². The minimum absolute atomic E-state index is 0.0889. The van der Waals surface area contributed by atoms with Gasteiger partial charge in [-0.15, -0.1) is 0 Å². The van der Waals surface area contributed by atoms with E-state index in [2.05, 4.69) is 26.1 Å². The summed E-state index contributed by atoms with van der Waals surface area (Å²) in [5.41, 5.74) is 6.40. The van der Waals surface area contributed by atoms with E-state index in [0.29, 0.717) is 16.7 Å². The first-order chi connectivity index (χ1) is 9.04. The third kappa shape index (κ3) is 4.26. The molecular formula is C13H17BrFN3O. The zero-order valence-corrected chi connectivity index (χ0v) is 12.1. The number of anilines is 1. The summed E-state index contributed by atoms with van der Waals surface area (Å²) in [7, 11) is 0. The van der Waals surface area contributed by atoms with E-state index in [9.17, 15) is 9.18 Å². The predicted octanol–water partition coefficient (Wildman–Crippen LogP) is 1.95. The maximum atomic E-state index is 13.1. The van der Waals surface area contributed by atoms with Gasteiger partial charge < -0.3 is 11.1 Å². The average molecular weight is 330 g/mol. The van der Waals surface area contributed by atoms with E-state index in [1.165, 1.54) is 6.07 Å². The number of benzene rings is 1. The van der Waals surface area contributed by atoms with Crippen LogP contribution >= 0.6 is 15.9 Å². The van der Waals surface area contributed by atoms with Crippen LogP contribution in [-0.2, 0) is 4.79 Å². The molecule has 0 aromatic heterocycles. The number of hydrogen-bond acceptors (Lipinski definition) is 3. The number of nitrogens with one attached hydrogen (secondary N) is 1. The number of carbonyl (C=O) groups is 1. The third-order valence-electron chi connectivity index (χ3n) is 3.20. The molecule has 1 fully saturated rings. The van der Waals surface area contributed by atoms with Gasteiger partial charge in [0.15, 0.2) is 0 Å². The number of amides is 1. The Bertz CT molecular complexity index is 461. The summed E-state index contributed by atoms with van der Waals surface area (Å²) in [4.78, 5) is 13.9. The standard InChI is InChI=1S/C13H17BrFN3O/c14-11-7-10(1-2-12(11)15)17-13(19)8-18-5-3-9(16)4-6-18/h1-2,7,9H,3-6,8,16H2,(H,17,19). The molecule has 1 amide bonds. The van der Waals surface area contributed by atoms with Gasteiger partial charge in [-0.1, -0.05) is 0 Å². The number of halogens is 2.